The summed E-state index contributed by atoms with van der Waals surface area (Å²) in [6.07, 6.45) is -5.66. The van der Waals surface area contributed by atoms with Crippen LogP contribution in [-0.4, -0.2) is 61.2 Å². The summed E-state index contributed by atoms with van der Waals surface area (Å²) in [6.45, 7) is 4.26. The van der Waals surface area contributed by atoms with E-state index in [0.29, 0.717) is 6.61 Å². The van der Waals surface area contributed by atoms with Crippen LogP contribution in [0.1, 0.15) is 35.5 Å². The van der Waals surface area contributed by atoms with Crippen molar-refractivity contribution < 1.29 is 50.9 Å². The quantitative estimate of drug-likeness (QED) is 0.502. The summed E-state index contributed by atoms with van der Waals surface area (Å²) in [6, 6.07) is 6.07. The molecule has 1 aliphatic carbocycles. The van der Waals surface area contributed by atoms with Crippen LogP contribution >= 0.6 is 0 Å². The fourth-order valence-electron chi connectivity index (χ4n) is 2.82. The van der Waals surface area contributed by atoms with Crippen molar-refractivity contribution in [1.29, 1.82) is 0 Å². The van der Waals surface area contributed by atoms with Crippen LogP contribution in [0.3, 0.4) is 0 Å². The number of carbonyl (C=O) groups is 2. The van der Waals surface area contributed by atoms with Crippen molar-refractivity contribution in [2.24, 2.45) is 5.92 Å². The van der Waals surface area contributed by atoms with E-state index < -0.39 is 24.3 Å². The number of fused-ring (bicyclic) bond motifs is 1. The maximum absolute atomic E-state index is 10.6. The maximum atomic E-state index is 10.6. The zero-order valence-electron chi connectivity index (χ0n) is 18.1. The van der Waals surface area contributed by atoms with Gasteiger partial charge in [0.1, 0.15) is 0 Å². The van der Waals surface area contributed by atoms with Crippen molar-refractivity contribution in [2.45, 2.75) is 51.4 Å². The number of aromatic nitrogens is 3. The van der Waals surface area contributed by atoms with Crippen molar-refractivity contribution in [3.05, 3.63) is 47.0 Å². The Morgan fingerprint density at radius 3 is 2.14 bits per heavy atom. The minimum atomic E-state index is -5.08. The number of aromatic amines is 1. The summed E-state index contributed by atoms with van der Waals surface area (Å²) >= 11 is 0. The number of ether oxygens (including phenoxy) is 1. The van der Waals surface area contributed by atoms with Crippen LogP contribution in [0, 0.1) is 5.92 Å². The fraction of sp³-hybridized carbons (Fsp3) is 0.500. The molecule has 2 aliphatic rings. The molecule has 0 radical (unpaired) electrons. The molecule has 0 saturated heterocycles. The highest BCUT2D eigenvalue weighted by Crippen LogP contribution is 2.30. The second kappa shape index (κ2) is 12.0. The van der Waals surface area contributed by atoms with Crippen LogP contribution in [0.15, 0.2) is 24.4 Å². The smallest absolute Gasteiger partial charge is 0.475 e. The van der Waals surface area contributed by atoms with Crippen LogP contribution < -0.4 is 0 Å². The van der Waals surface area contributed by atoms with Gasteiger partial charge < -0.3 is 14.9 Å². The molecule has 3 heterocycles. The first-order chi connectivity index (χ1) is 16.3. The molecule has 0 aromatic carbocycles. The molecule has 1 fully saturated rings. The molecule has 0 spiro atoms. The van der Waals surface area contributed by atoms with Gasteiger partial charge in [0.15, 0.2) is 0 Å². The van der Waals surface area contributed by atoms with Gasteiger partial charge in [-0.2, -0.15) is 31.4 Å². The van der Waals surface area contributed by atoms with Gasteiger partial charge in [0.25, 0.3) is 0 Å². The lowest BCUT2D eigenvalue weighted by atomic mass is 10.2. The van der Waals surface area contributed by atoms with Crippen molar-refractivity contribution in [1.82, 2.24) is 20.1 Å². The highest BCUT2D eigenvalue weighted by Gasteiger charge is 2.38. The van der Waals surface area contributed by atoms with Crippen LogP contribution in [0.5, 0.6) is 0 Å². The number of carboxylic acids is 2. The Labute approximate surface area is 194 Å². The maximum Gasteiger partial charge on any atom is 0.490 e. The number of nitrogens with one attached hydrogen (secondary N) is 1. The molecule has 9 nitrogen and oxygen atoms in total. The molecular weight excluding hydrogens is 490 g/mol. The highest BCUT2D eigenvalue weighted by molar-refractivity contribution is 5.73. The number of halogens is 6. The third kappa shape index (κ3) is 9.90. The molecule has 194 valence electrons. The van der Waals surface area contributed by atoms with Crippen LogP contribution in [0.4, 0.5) is 26.3 Å². The second-order valence-corrected chi connectivity index (χ2v) is 7.66. The minimum absolute atomic E-state index is 0.639. The Bertz CT molecular complexity index is 953. The highest BCUT2D eigenvalue weighted by atomic mass is 19.4. The molecule has 2 aromatic rings. The Morgan fingerprint density at radius 2 is 1.66 bits per heavy atom. The largest absolute Gasteiger partial charge is 0.490 e. The van der Waals surface area contributed by atoms with Gasteiger partial charge in [0.05, 0.1) is 23.7 Å². The van der Waals surface area contributed by atoms with Gasteiger partial charge in [-0.15, -0.1) is 0 Å². The number of H-pyrrole nitrogens is 1. The van der Waals surface area contributed by atoms with E-state index in [4.69, 9.17) is 24.5 Å². The summed E-state index contributed by atoms with van der Waals surface area (Å²) < 4.78 is 69.2. The molecule has 3 N–H and O–H groups in total. The molecular formula is C20H22F6N4O5. The fourth-order valence-corrected chi connectivity index (χ4v) is 2.82. The molecule has 0 unspecified atom stereocenters. The number of carboxylic acid groups (broad SMARTS) is 2. The van der Waals surface area contributed by atoms with E-state index in [1.807, 2.05) is 18.3 Å². The van der Waals surface area contributed by atoms with Crippen molar-refractivity contribution in [2.75, 3.05) is 6.61 Å². The Kier molecular flexibility index (Phi) is 9.59. The molecule has 2 aromatic heterocycles. The van der Waals surface area contributed by atoms with Crippen molar-refractivity contribution in [3.63, 3.8) is 0 Å². The van der Waals surface area contributed by atoms with Gasteiger partial charge in [0.2, 0.25) is 0 Å². The molecule has 4 rings (SSSR count). The first-order valence-electron chi connectivity index (χ1n) is 10.1. The van der Waals surface area contributed by atoms with E-state index in [9.17, 15) is 26.3 Å². The molecule has 15 heteroatoms. The van der Waals surface area contributed by atoms with E-state index in [1.165, 1.54) is 24.1 Å². The van der Waals surface area contributed by atoms with Gasteiger partial charge in [-0.25, -0.2) is 9.59 Å². The number of hydrogen-bond donors (Lipinski definition) is 3. The third-order valence-electron chi connectivity index (χ3n) is 4.69. The zero-order valence-corrected chi connectivity index (χ0v) is 18.1. The number of hydrogen-bond acceptors (Lipinski definition) is 6. The van der Waals surface area contributed by atoms with Gasteiger partial charge in [0, 0.05) is 38.0 Å². The second-order valence-electron chi connectivity index (χ2n) is 7.66. The van der Waals surface area contributed by atoms with Gasteiger partial charge in [-0.05, 0) is 30.9 Å². The Morgan fingerprint density at radius 1 is 1.06 bits per heavy atom. The number of pyridine rings is 1. The summed E-state index contributed by atoms with van der Waals surface area (Å²) in [5.74, 6) is -4.71. The van der Waals surface area contributed by atoms with Crippen LogP contribution in [0.2, 0.25) is 0 Å². The first-order valence-corrected chi connectivity index (χ1v) is 10.1. The van der Waals surface area contributed by atoms with E-state index in [2.05, 4.69) is 26.1 Å². The molecule has 0 atom stereocenters. The summed E-state index contributed by atoms with van der Waals surface area (Å²) in [4.78, 5) is 24.6. The van der Waals surface area contributed by atoms with Crippen molar-refractivity contribution in [3.8, 4) is 0 Å². The van der Waals surface area contributed by atoms with E-state index in [1.54, 1.807) is 0 Å². The van der Waals surface area contributed by atoms with Gasteiger partial charge in [-0.3, -0.25) is 15.0 Å². The normalized spacial score (nSPS) is 15.4. The lowest BCUT2D eigenvalue weighted by Gasteiger charge is -2.14. The molecule has 0 amide bonds. The number of aliphatic carboxylic acids is 2. The lowest BCUT2D eigenvalue weighted by Crippen LogP contribution is -2.21. The predicted molar refractivity (Wildman–Crippen MR) is 106 cm³/mol. The molecule has 0 bridgehead atoms. The van der Waals surface area contributed by atoms with E-state index in [0.717, 1.165) is 43.5 Å². The van der Waals surface area contributed by atoms with Crippen LogP contribution in [-0.2, 0) is 40.6 Å². The summed E-state index contributed by atoms with van der Waals surface area (Å²) in [7, 11) is 0. The first kappa shape index (κ1) is 28.0. The number of alkyl halides is 6. The average molecular weight is 512 g/mol. The average Bonchev–Trinajstić information content (AvgIpc) is 3.38. The van der Waals surface area contributed by atoms with Crippen molar-refractivity contribution >= 4 is 11.9 Å². The summed E-state index contributed by atoms with van der Waals surface area (Å²) in [5, 5.41) is 21.8. The van der Waals surface area contributed by atoms with E-state index in [-0.39, 0.29) is 0 Å². The standard InChI is InChI=1S/C16H20N4O.2C2HF3O2/c1-2-6-17-13(3-1)7-20-8-14-15(9-20)18-19-16(14)11-21-10-12-4-5-12;2*3-2(4,5)1(6)7/h1-3,6,12H,4-5,7-11H2,(H,18,19);2*(H,6,7). The predicted octanol–water partition coefficient (Wildman–Crippen LogP) is 3.51. The number of nitrogens with zero attached hydrogens (tertiary/aromatic N) is 3. The van der Waals surface area contributed by atoms with Crippen LogP contribution in [0.25, 0.3) is 0 Å². The summed E-state index contributed by atoms with van der Waals surface area (Å²) in [5.41, 5.74) is 4.74. The minimum Gasteiger partial charge on any atom is -0.475 e. The monoisotopic (exact) mass is 512 g/mol. The molecule has 1 aliphatic heterocycles. The topological polar surface area (TPSA) is 129 Å². The third-order valence-corrected chi connectivity index (χ3v) is 4.69. The Balaban J connectivity index is 0.000000257. The molecule has 1 saturated carbocycles. The lowest BCUT2D eigenvalue weighted by molar-refractivity contribution is -0.193. The van der Waals surface area contributed by atoms with Gasteiger partial charge >= 0.3 is 24.3 Å². The zero-order chi connectivity index (χ0) is 26.2. The number of rotatable bonds is 6. The SMILES string of the molecule is O=C(O)C(F)(F)F.O=C(O)C(F)(F)F.c1ccc(CN2Cc3[nH]nc(COCC4CC4)c3C2)nc1. The Hall–Kier alpha value is -3.20. The van der Waals surface area contributed by atoms with Gasteiger partial charge in [-0.1, -0.05) is 6.07 Å². The van der Waals surface area contributed by atoms with E-state index >= 15 is 0 Å². The molecule has 35 heavy (non-hydrogen) atoms.